The molecule has 1 aliphatic heterocycles. The Labute approximate surface area is 173 Å². The molecular formula is C20H32N4O4S. The zero-order valence-corrected chi connectivity index (χ0v) is 18.5. The highest BCUT2D eigenvalue weighted by Crippen LogP contribution is 2.17. The van der Waals surface area contributed by atoms with Gasteiger partial charge in [0.1, 0.15) is 0 Å². The fourth-order valence-corrected chi connectivity index (χ4v) is 4.30. The highest BCUT2D eigenvalue weighted by molar-refractivity contribution is 7.89. The smallest absolute Gasteiger partial charge is 0.251 e. The van der Waals surface area contributed by atoms with Gasteiger partial charge in [0.15, 0.2) is 0 Å². The van der Waals surface area contributed by atoms with Crippen LogP contribution in [-0.4, -0.2) is 75.8 Å². The van der Waals surface area contributed by atoms with Crippen molar-refractivity contribution < 1.29 is 18.0 Å². The molecule has 9 heteroatoms. The van der Waals surface area contributed by atoms with Crippen molar-refractivity contribution in [3.8, 4) is 0 Å². The van der Waals surface area contributed by atoms with E-state index in [9.17, 15) is 18.0 Å². The van der Waals surface area contributed by atoms with Gasteiger partial charge in [-0.3, -0.25) is 14.5 Å². The van der Waals surface area contributed by atoms with E-state index in [1.165, 1.54) is 51.2 Å². The van der Waals surface area contributed by atoms with E-state index in [4.69, 9.17) is 0 Å². The van der Waals surface area contributed by atoms with E-state index >= 15 is 0 Å². The molecule has 0 spiro atoms. The van der Waals surface area contributed by atoms with Crippen LogP contribution in [0.3, 0.4) is 0 Å². The molecule has 0 aliphatic carbocycles. The van der Waals surface area contributed by atoms with Crippen molar-refractivity contribution in [2.24, 2.45) is 5.92 Å². The standard InChI is InChI=1S/C20H32N4O4S/c1-15-7-6-10-24(14-15)16(2)12-21-19(25)13-22-20(26)17-8-5-9-18(11-17)29(27,28)23(3)4/h5,8-9,11,15-16H,6-7,10,12-14H2,1-4H3,(H,21,25)(H,22,26). The lowest BCUT2D eigenvalue weighted by molar-refractivity contribution is -0.120. The second kappa shape index (κ2) is 10.2. The van der Waals surface area contributed by atoms with E-state index in [0.717, 1.165) is 17.4 Å². The number of hydrogen-bond donors (Lipinski definition) is 2. The number of carbonyl (C=O) groups is 2. The van der Waals surface area contributed by atoms with Gasteiger partial charge in [0.2, 0.25) is 15.9 Å². The summed E-state index contributed by atoms with van der Waals surface area (Å²) >= 11 is 0. The van der Waals surface area contributed by atoms with Crippen molar-refractivity contribution in [1.82, 2.24) is 19.8 Å². The van der Waals surface area contributed by atoms with Gasteiger partial charge in [0.05, 0.1) is 11.4 Å². The lowest BCUT2D eigenvalue weighted by atomic mass is 9.99. The Morgan fingerprint density at radius 2 is 2.00 bits per heavy atom. The molecule has 0 bridgehead atoms. The number of carbonyl (C=O) groups excluding carboxylic acids is 2. The average Bonchev–Trinajstić information content (AvgIpc) is 2.70. The molecule has 2 rings (SSSR count). The first-order chi connectivity index (χ1) is 13.6. The van der Waals surface area contributed by atoms with Crippen LogP contribution in [0.4, 0.5) is 0 Å². The van der Waals surface area contributed by atoms with Crippen LogP contribution in [-0.2, 0) is 14.8 Å². The first kappa shape index (κ1) is 23.3. The molecule has 2 N–H and O–H groups in total. The number of sulfonamides is 1. The van der Waals surface area contributed by atoms with Crippen molar-refractivity contribution in [2.75, 3.05) is 40.3 Å². The molecule has 1 aromatic carbocycles. The zero-order valence-electron chi connectivity index (χ0n) is 17.6. The Morgan fingerprint density at radius 1 is 1.28 bits per heavy atom. The second-order valence-electron chi connectivity index (χ2n) is 7.89. The summed E-state index contributed by atoms with van der Waals surface area (Å²) in [5.74, 6) is -0.0885. The first-order valence-corrected chi connectivity index (χ1v) is 11.4. The molecule has 0 radical (unpaired) electrons. The van der Waals surface area contributed by atoms with Gasteiger partial charge in [-0.15, -0.1) is 0 Å². The van der Waals surface area contributed by atoms with Gasteiger partial charge in [-0.25, -0.2) is 12.7 Å². The number of hydrogen-bond acceptors (Lipinski definition) is 5. The van der Waals surface area contributed by atoms with Gasteiger partial charge in [0, 0.05) is 38.8 Å². The van der Waals surface area contributed by atoms with E-state index in [0.29, 0.717) is 12.5 Å². The lowest BCUT2D eigenvalue weighted by Crippen LogP contribution is -2.47. The normalized spacial score (nSPS) is 19.0. The van der Waals surface area contributed by atoms with Crippen LogP contribution >= 0.6 is 0 Å². The molecular weight excluding hydrogens is 392 g/mol. The summed E-state index contributed by atoms with van der Waals surface area (Å²) in [7, 11) is -0.771. The van der Waals surface area contributed by atoms with Gasteiger partial charge in [-0.2, -0.15) is 0 Å². The molecule has 0 aromatic heterocycles. The molecule has 1 aliphatic rings. The Hall–Kier alpha value is -1.97. The number of rotatable bonds is 8. The van der Waals surface area contributed by atoms with Crippen LogP contribution in [0.15, 0.2) is 29.2 Å². The number of nitrogens with zero attached hydrogens (tertiary/aromatic N) is 2. The third-order valence-corrected chi connectivity index (χ3v) is 7.00. The number of piperidine rings is 1. The van der Waals surface area contributed by atoms with Gasteiger partial charge in [0.25, 0.3) is 5.91 Å². The van der Waals surface area contributed by atoms with Gasteiger partial charge >= 0.3 is 0 Å². The van der Waals surface area contributed by atoms with E-state index in [-0.39, 0.29) is 29.0 Å². The largest absolute Gasteiger partial charge is 0.353 e. The van der Waals surface area contributed by atoms with Crippen LogP contribution in [0.1, 0.15) is 37.0 Å². The summed E-state index contributed by atoms with van der Waals surface area (Å²) in [5.41, 5.74) is 0.191. The summed E-state index contributed by atoms with van der Waals surface area (Å²) in [4.78, 5) is 26.8. The van der Waals surface area contributed by atoms with E-state index in [1.807, 2.05) is 0 Å². The predicted octanol–water partition coefficient (Wildman–Crippen LogP) is 0.903. The molecule has 2 amide bonds. The summed E-state index contributed by atoms with van der Waals surface area (Å²) in [5, 5.41) is 5.40. The number of likely N-dealkylation sites (tertiary alicyclic amines) is 1. The zero-order chi connectivity index (χ0) is 21.6. The maximum absolute atomic E-state index is 12.3. The molecule has 29 heavy (non-hydrogen) atoms. The van der Waals surface area contributed by atoms with Crippen LogP contribution in [0.5, 0.6) is 0 Å². The summed E-state index contributed by atoms with van der Waals surface area (Å²) < 4.78 is 25.5. The fraction of sp³-hybridized carbons (Fsp3) is 0.600. The maximum Gasteiger partial charge on any atom is 0.251 e. The summed E-state index contributed by atoms with van der Waals surface area (Å²) in [6.07, 6.45) is 2.43. The minimum absolute atomic E-state index is 0.0317. The first-order valence-electron chi connectivity index (χ1n) is 9.92. The van der Waals surface area contributed by atoms with Crippen LogP contribution in [0.2, 0.25) is 0 Å². The predicted molar refractivity (Wildman–Crippen MR) is 112 cm³/mol. The molecule has 1 saturated heterocycles. The molecule has 0 saturated carbocycles. The highest BCUT2D eigenvalue weighted by Gasteiger charge is 2.21. The molecule has 8 nitrogen and oxygen atoms in total. The molecule has 1 fully saturated rings. The number of amides is 2. The molecule has 2 unspecified atom stereocenters. The fourth-order valence-electron chi connectivity index (χ4n) is 3.35. The second-order valence-corrected chi connectivity index (χ2v) is 10.0. The van der Waals surface area contributed by atoms with E-state index in [1.54, 1.807) is 0 Å². The Morgan fingerprint density at radius 3 is 2.66 bits per heavy atom. The number of benzene rings is 1. The minimum Gasteiger partial charge on any atom is -0.353 e. The van der Waals surface area contributed by atoms with Crippen molar-refractivity contribution in [3.05, 3.63) is 29.8 Å². The topological polar surface area (TPSA) is 98.8 Å². The third kappa shape index (κ3) is 6.52. The molecule has 1 aromatic rings. The van der Waals surface area contributed by atoms with Crippen LogP contribution in [0, 0.1) is 5.92 Å². The summed E-state index contributed by atoms with van der Waals surface area (Å²) in [6, 6.07) is 6.00. The Bertz CT molecular complexity index is 826. The Kier molecular flexibility index (Phi) is 8.18. The maximum atomic E-state index is 12.3. The minimum atomic E-state index is -3.63. The molecule has 2 atom stereocenters. The average molecular weight is 425 g/mol. The van der Waals surface area contributed by atoms with E-state index < -0.39 is 15.9 Å². The van der Waals surface area contributed by atoms with Gasteiger partial charge in [-0.05, 0) is 50.4 Å². The van der Waals surface area contributed by atoms with Crippen LogP contribution in [0.25, 0.3) is 0 Å². The Balaban J connectivity index is 1.83. The monoisotopic (exact) mass is 424 g/mol. The third-order valence-electron chi connectivity index (χ3n) is 5.19. The van der Waals surface area contributed by atoms with Gasteiger partial charge in [-0.1, -0.05) is 13.0 Å². The van der Waals surface area contributed by atoms with Crippen molar-refractivity contribution in [2.45, 2.75) is 37.6 Å². The van der Waals surface area contributed by atoms with Gasteiger partial charge < -0.3 is 10.6 Å². The number of nitrogens with one attached hydrogen (secondary N) is 2. The van der Waals surface area contributed by atoms with Crippen LogP contribution < -0.4 is 10.6 Å². The van der Waals surface area contributed by atoms with E-state index in [2.05, 4.69) is 29.4 Å². The van der Waals surface area contributed by atoms with Crippen molar-refractivity contribution in [3.63, 3.8) is 0 Å². The highest BCUT2D eigenvalue weighted by atomic mass is 32.2. The van der Waals surface area contributed by atoms with Crippen molar-refractivity contribution >= 4 is 21.8 Å². The molecule has 1 heterocycles. The lowest BCUT2D eigenvalue weighted by Gasteiger charge is -2.35. The SMILES string of the molecule is CC1CCCN(C(C)CNC(=O)CNC(=O)c2cccc(S(=O)(=O)N(C)C)c2)C1. The van der Waals surface area contributed by atoms with Crippen molar-refractivity contribution in [1.29, 1.82) is 0 Å². The molecule has 162 valence electrons. The quantitative estimate of drug-likeness (QED) is 0.646. The summed E-state index contributed by atoms with van der Waals surface area (Å²) in [6.45, 7) is 6.79.